The fourth-order valence-corrected chi connectivity index (χ4v) is 4.96. The molecule has 5 rings (SSSR count). The maximum absolute atomic E-state index is 12.9. The van der Waals surface area contributed by atoms with Crippen molar-refractivity contribution in [2.75, 3.05) is 6.54 Å². The molecule has 0 radical (unpaired) electrons. The van der Waals surface area contributed by atoms with E-state index < -0.39 is 6.04 Å². The molecule has 1 saturated heterocycles. The molecule has 200 valence electrons. The van der Waals surface area contributed by atoms with Crippen LogP contribution in [0.2, 0.25) is 5.02 Å². The van der Waals surface area contributed by atoms with Gasteiger partial charge in [-0.25, -0.2) is 4.68 Å². The fourth-order valence-electron chi connectivity index (χ4n) is 4.77. The van der Waals surface area contributed by atoms with Crippen LogP contribution in [-0.2, 0) is 22.6 Å². The van der Waals surface area contributed by atoms with E-state index in [-0.39, 0.29) is 24.4 Å². The zero-order chi connectivity index (χ0) is 27.2. The van der Waals surface area contributed by atoms with E-state index in [2.05, 4.69) is 60.7 Å². The van der Waals surface area contributed by atoms with E-state index in [1.807, 2.05) is 18.3 Å². The van der Waals surface area contributed by atoms with E-state index in [9.17, 15) is 9.59 Å². The van der Waals surface area contributed by atoms with E-state index >= 15 is 0 Å². The number of pyridine rings is 1. The molecule has 4 aromatic rings. The highest BCUT2D eigenvalue weighted by Gasteiger charge is 2.31. The highest BCUT2D eigenvalue weighted by atomic mass is 35.5. The number of hydrogen-bond acceptors (Lipinski definition) is 7. The third-order valence-corrected chi connectivity index (χ3v) is 7.09. The van der Waals surface area contributed by atoms with Crippen molar-refractivity contribution in [3.63, 3.8) is 0 Å². The SMILES string of the molecule is C[C@H](NC(=O)C1C[C@H](Cc2ccc(-c3cccnc3)cc2)CN1)C(=O)NCc1cc(Cl)ccc1-n1cnnn1. The molecule has 1 unspecified atom stereocenters. The van der Waals surface area contributed by atoms with Crippen molar-refractivity contribution < 1.29 is 9.59 Å². The molecule has 11 heteroatoms. The minimum absolute atomic E-state index is 0.177. The predicted molar refractivity (Wildman–Crippen MR) is 147 cm³/mol. The van der Waals surface area contributed by atoms with Crippen molar-refractivity contribution in [2.24, 2.45) is 5.92 Å². The van der Waals surface area contributed by atoms with Crippen LogP contribution in [0.5, 0.6) is 0 Å². The lowest BCUT2D eigenvalue weighted by Gasteiger charge is -2.18. The van der Waals surface area contributed by atoms with Crippen molar-refractivity contribution in [2.45, 2.75) is 38.4 Å². The number of halogens is 1. The molecule has 3 heterocycles. The lowest BCUT2D eigenvalue weighted by atomic mass is 9.95. The first-order chi connectivity index (χ1) is 19.0. The zero-order valence-corrected chi connectivity index (χ0v) is 22.2. The van der Waals surface area contributed by atoms with Gasteiger partial charge in [0.2, 0.25) is 11.8 Å². The van der Waals surface area contributed by atoms with Crippen LogP contribution in [-0.4, -0.2) is 55.6 Å². The van der Waals surface area contributed by atoms with Crippen LogP contribution in [0.25, 0.3) is 16.8 Å². The molecular weight excluding hydrogens is 516 g/mol. The minimum Gasteiger partial charge on any atom is -0.350 e. The van der Waals surface area contributed by atoms with Gasteiger partial charge in [-0.1, -0.05) is 41.9 Å². The van der Waals surface area contributed by atoms with Crippen molar-refractivity contribution in [1.82, 2.24) is 41.1 Å². The van der Waals surface area contributed by atoms with Crippen LogP contribution in [0, 0.1) is 5.92 Å². The summed E-state index contributed by atoms with van der Waals surface area (Å²) in [4.78, 5) is 29.8. The van der Waals surface area contributed by atoms with Crippen molar-refractivity contribution in [3.8, 4) is 16.8 Å². The molecular formula is C28H29ClN8O2. The molecule has 39 heavy (non-hydrogen) atoms. The van der Waals surface area contributed by atoms with Gasteiger partial charge in [0.25, 0.3) is 0 Å². The number of rotatable bonds is 9. The molecule has 3 N–H and O–H groups in total. The van der Waals surface area contributed by atoms with Gasteiger partial charge in [-0.15, -0.1) is 5.10 Å². The van der Waals surface area contributed by atoms with Gasteiger partial charge in [0.1, 0.15) is 12.4 Å². The number of carbonyl (C=O) groups is 2. The van der Waals surface area contributed by atoms with E-state index in [1.54, 1.807) is 31.3 Å². The number of amides is 2. The highest BCUT2D eigenvalue weighted by Crippen LogP contribution is 2.23. The molecule has 10 nitrogen and oxygen atoms in total. The number of benzene rings is 2. The van der Waals surface area contributed by atoms with Gasteiger partial charge in [-0.2, -0.15) is 0 Å². The Kier molecular flexibility index (Phi) is 8.24. The maximum atomic E-state index is 12.9. The Morgan fingerprint density at radius 3 is 2.74 bits per heavy atom. The van der Waals surface area contributed by atoms with Gasteiger partial charge in [0.15, 0.2) is 0 Å². The second kappa shape index (κ2) is 12.1. The van der Waals surface area contributed by atoms with Crippen molar-refractivity contribution in [3.05, 3.63) is 89.5 Å². The molecule has 0 bridgehead atoms. The number of tetrazole rings is 1. The Hall–Kier alpha value is -4.15. The molecule has 1 aliphatic heterocycles. The van der Waals surface area contributed by atoms with Gasteiger partial charge in [-0.3, -0.25) is 14.6 Å². The molecule has 3 atom stereocenters. The first-order valence-corrected chi connectivity index (χ1v) is 13.2. The van der Waals surface area contributed by atoms with Gasteiger partial charge in [0.05, 0.1) is 11.7 Å². The van der Waals surface area contributed by atoms with Crippen LogP contribution in [0.4, 0.5) is 0 Å². The Bertz CT molecular complexity index is 1410. The summed E-state index contributed by atoms with van der Waals surface area (Å²) in [5.74, 6) is -0.139. The number of hydrogen-bond donors (Lipinski definition) is 3. The van der Waals surface area contributed by atoms with Crippen molar-refractivity contribution >= 4 is 23.4 Å². The second-order valence-corrected chi connectivity index (χ2v) is 10.1. The number of aromatic nitrogens is 5. The maximum Gasteiger partial charge on any atom is 0.242 e. The van der Waals surface area contributed by atoms with E-state index in [4.69, 9.17) is 11.6 Å². The van der Waals surface area contributed by atoms with Gasteiger partial charge in [0, 0.05) is 24.0 Å². The zero-order valence-electron chi connectivity index (χ0n) is 21.4. The summed E-state index contributed by atoms with van der Waals surface area (Å²) < 4.78 is 1.50. The normalized spacial score (nSPS) is 17.5. The summed E-state index contributed by atoms with van der Waals surface area (Å²) in [6.45, 7) is 2.62. The first kappa shape index (κ1) is 26.5. The number of nitrogens with one attached hydrogen (secondary N) is 3. The number of nitrogens with zero attached hydrogens (tertiary/aromatic N) is 5. The summed E-state index contributed by atoms with van der Waals surface area (Å²) >= 11 is 6.15. The highest BCUT2D eigenvalue weighted by molar-refractivity contribution is 6.30. The third-order valence-electron chi connectivity index (χ3n) is 6.85. The van der Waals surface area contributed by atoms with Crippen molar-refractivity contribution in [1.29, 1.82) is 0 Å². The molecule has 2 aromatic carbocycles. The van der Waals surface area contributed by atoms with Gasteiger partial charge in [-0.05, 0) is 89.2 Å². The summed E-state index contributed by atoms with van der Waals surface area (Å²) in [6, 6.07) is 16.7. The average molecular weight is 545 g/mol. The Morgan fingerprint density at radius 1 is 1.15 bits per heavy atom. The second-order valence-electron chi connectivity index (χ2n) is 9.68. The van der Waals surface area contributed by atoms with Crippen LogP contribution in [0.3, 0.4) is 0 Å². The molecule has 1 fully saturated rings. The van der Waals surface area contributed by atoms with Crippen LogP contribution >= 0.6 is 11.6 Å². The quantitative estimate of drug-likeness (QED) is 0.296. The first-order valence-electron chi connectivity index (χ1n) is 12.8. The van der Waals surface area contributed by atoms with Crippen LogP contribution < -0.4 is 16.0 Å². The molecule has 0 saturated carbocycles. The van der Waals surface area contributed by atoms with Gasteiger partial charge >= 0.3 is 0 Å². The molecule has 2 aromatic heterocycles. The lowest BCUT2D eigenvalue weighted by molar-refractivity contribution is -0.129. The van der Waals surface area contributed by atoms with Gasteiger partial charge < -0.3 is 16.0 Å². The summed E-state index contributed by atoms with van der Waals surface area (Å²) in [7, 11) is 0. The summed E-state index contributed by atoms with van der Waals surface area (Å²) in [6.07, 6.45) is 6.68. The Morgan fingerprint density at radius 2 is 2.00 bits per heavy atom. The molecule has 0 aliphatic carbocycles. The monoisotopic (exact) mass is 544 g/mol. The third kappa shape index (κ3) is 6.65. The fraction of sp³-hybridized carbons (Fsp3) is 0.286. The predicted octanol–water partition coefficient (Wildman–Crippen LogP) is 2.72. The average Bonchev–Trinajstić information content (AvgIpc) is 3.66. The van der Waals surface area contributed by atoms with Crippen LogP contribution in [0.15, 0.2) is 73.3 Å². The standard InChI is InChI=1S/C28H29ClN8O2/c1-18(27(38)32-16-23-13-24(29)8-9-26(23)37-17-33-35-36-37)34-28(39)25-12-20(14-31-25)11-19-4-6-21(7-5-19)22-3-2-10-30-15-22/h2-10,13,15,17-18,20,25,31H,11-12,14,16H2,1H3,(H,32,38)(H,34,39)/t18-,20-,25?/m0/s1. The molecule has 2 amide bonds. The lowest BCUT2D eigenvalue weighted by Crippen LogP contribution is -2.50. The Balaban J connectivity index is 1.10. The molecule has 1 aliphatic rings. The smallest absolute Gasteiger partial charge is 0.242 e. The Labute approximate surface area is 231 Å². The minimum atomic E-state index is -0.700. The summed E-state index contributed by atoms with van der Waals surface area (Å²) in [5, 5.41) is 20.8. The van der Waals surface area contributed by atoms with E-state index in [0.717, 1.165) is 29.7 Å². The van der Waals surface area contributed by atoms with E-state index in [0.29, 0.717) is 23.0 Å². The topological polar surface area (TPSA) is 127 Å². The van der Waals surface area contributed by atoms with Crippen LogP contribution in [0.1, 0.15) is 24.5 Å². The largest absolute Gasteiger partial charge is 0.350 e. The summed E-state index contributed by atoms with van der Waals surface area (Å²) in [5.41, 5.74) is 4.89. The van der Waals surface area contributed by atoms with E-state index in [1.165, 1.54) is 16.6 Å². The molecule has 0 spiro atoms. The number of carbonyl (C=O) groups excluding carboxylic acids is 2.